The summed E-state index contributed by atoms with van der Waals surface area (Å²) in [6.07, 6.45) is 4.09. The van der Waals surface area contributed by atoms with Crippen LogP contribution < -0.4 is 15.8 Å². The third-order valence-electron chi connectivity index (χ3n) is 3.81. The minimum absolute atomic E-state index is 0.348. The van der Waals surface area contributed by atoms with Crippen molar-refractivity contribution in [3.63, 3.8) is 0 Å². The van der Waals surface area contributed by atoms with Crippen molar-refractivity contribution in [2.45, 2.75) is 6.54 Å². The highest BCUT2D eigenvalue weighted by molar-refractivity contribution is 6.10. The zero-order chi connectivity index (χ0) is 17.8. The highest BCUT2D eigenvalue weighted by Crippen LogP contribution is 2.23. The molecule has 8 heteroatoms. The van der Waals surface area contributed by atoms with Crippen LogP contribution in [0.3, 0.4) is 0 Å². The number of nitrogens with zero attached hydrogens (tertiary/aromatic N) is 3. The van der Waals surface area contributed by atoms with E-state index in [9.17, 15) is 4.39 Å². The van der Waals surface area contributed by atoms with Gasteiger partial charge in [0, 0.05) is 41.7 Å². The number of allylic oxidation sites excluding steroid dienone is 1. The second kappa shape index (κ2) is 7.00. The van der Waals surface area contributed by atoms with Crippen LogP contribution >= 0.6 is 0 Å². The van der Waals surface area contributed by atoms with E-state index in [1.165, 1.54) is 31.7 Å². The van der Waals surface area contributed by atoms with E-state index in [1.54, 1.807) is 16.8 Å². The van der Waals surface area contributed by atoms with Crippen LogP contribution in [-0.4, -0.2) is 27.9 Å². The van der Waals surface area contributed by atoms with Crippen molar-refractivity contribution in [3.8, 4) is 5.75 Å². The van der Waals surface area contributed by atoms with E-state index in [1.807, 2.05) is 12.1 Å². The van der Waals surface area contributed by atoms with E-state index in [4.69, 9.17) is 15.9 Å². The Morgan fingerprint density at radius 3 is 2.96 bits per heavy atom. The van der Waals surface area contributed by atoms with Gasteiger partial charge in [-0.1, -0.05) is 6.07 Å². The second-order valence-electron chi connectivity index (χ2n) is 5.23. The van der Waals surface area contributed by atoms with Crippen LogP contribution in [0, 0.1) is 11.2 Å². The van der Waals surface area contributed by atoms with E-state index in [0.717, 1.165) is 11.4 Å². The molecular formula is C17H17FN6O. The van der Waals surface area contributed by atoms with E-state index in [0.29, 0.717) is 29.1 Å². The molecular weight excluding hydrogens is 323 g/mol. The van der Waals surface area contributed by atoms with Crippen LogP contribution in [-0.2, 0) is 6.54 Å². The number of halogens is 1. The van der Waals surface area contributed by atoms with Crippen molar-refractivity contribution in [3.05, 3.63) is 59.8 Å². The fraction of sp³-hybridized carbons (Fsp3) is 0.118. The summed E-state index contributed by atoms with van der Waals surface area (Å²) in [6.45, 7) is 0.431. The lowest BCUT2D eigenvalue weighted by Gasteiger charge is -2.13. The van der Waals surface area contributed by atoms with Gasteiger partial charge in [-0.25, -0.2) is 4.39 Å². The molecule has 25 heavy (non-hydrogen) atoms. The van der Waals surface area contributed by atoms with E-state index >= 15 is 0 Å². The summed E-state index contributed by atoms with van der Waals surface area (Å²) in [5.74, 6) is 0.872. The Kier molecular flexibility index (Phi) is 4.60. The SMILES string of the molecule is COc1cc(F)ccc1CNc1ccc(/C(C=N)=C/N)c2nncn12. The summed E-state index contributed by atoms with van der Waals surface area (Å²) in [5.41, 5.74) is 8.21. The molecule has 0 bridgehead atoms. The predicted molar refractivity (Wildman–Crippen MR) is 94.2 cm³/mol. The Morgan fingerprint density at radius 1 is 1.40 bits per heavy atom. The number of fused-ring (bicyclic) bond motifs is 1. The smallest absolute Gasteiger partial charge is 0.170 e. The molecule has 7 nitrogen and oxygen atoms in total. The van der Waals surface area contributed by atoms with Crippen molar-refractivity contribution in [1.82, 2.24) is 14.6 Å². The minimum Gasteiger partial charge on any atom is -0.496 e. The topological polar surface area (TPSA) is 101 Å². The molecule has 0 saturated carbocycles. The minimum atomic E-state index is -0.348. The number of benzene rings is 1. The van der Waals surface area contributed by atoms with Gasteiger partial charge in [-0.15, -0.1) is 10.2 Å². The quantitative estimate of drug-likeness (QED) is 0.598. The Hall–Kier alpha value is -3.42. The number of pyridine rings is 1. The number of hydrogen-bond acceptors (Lipinski definition) is 6. The summed E-state index contributed by atoms with van der Waals surface area (Å²) in [4.78, 5) is 0. The third kappa shape index (κ3) is 3.14. The first-order valence-corrected chi connectivity index (χ1v) is 7.49. The van der Waals surface area contributed by atoms with Gasteiger partial charge in [0.1, 0.15) is 23.7 Å². The Bertz CT molecular complexity index is 949. The molecule has 0 amide bonds. The van der Waals surface area contributed by atoms with Gasteiger partial charge in [-0.2, -0.15) is 0 Å². The van der Waals surface area contributed by atoms with E-state index in [-0.39, 0.29) is 5.82 Å². The van der Waals surface area contributed by atoms with Crippen molar-refractivity contribution in [1.29, 1.82) is 5.41 Å². The number of aromatic nitrogens is 3. The summed E-state index contributed by atoms with van der Waals surface area (Å²) in [7, 11) is 1.50. The number of nitrogens with one attached hydrogen (secondary N) is 2. The average Bonchev–Trinajstić information content (AvgIpc) is 3.12. The number of ether oxygens (including phenoxy) is 1. The molecule has 1 aromatic carbocycles. The molecule has 0 radical (unpaired) electrons. The van der Waals surface area contributed by atoms with Gasteiger partial charge >= 0.3 is 0 Å². The first kappa shape index (κ1) is 16.4. The molecule has 3 rings (SSSR count). The van der Waals surface area contributed by atoms with Crippen LogP contribution in [0.5, 0.6) is 5.75 Å². The fourth-order valence-electron chi connectivity index (χ4n) is 2.55. The number of rotatable bonds is 6. The zero-order valence-corrected chi connectivity index (χ0v) is 13.5. The molecule has 0 atom stereocenters. The number of methoxy groups -OCH3 is 1. The Morgan fingerprint density at radius 2 is 2.24 bits per heavy atom. The number of hydrogen-bond donors (Lipinski definition) is 3. The van der Waals surface area contributed by atoms with Crippen molar-refractivity contribution in [2.24, 2.45) is 5.73 Å². The van der Waals surface area contributed by atoms with Crippen LogP contribution in [0.2, 0.25) is 0 Å². The molecule has 0 fully saturated rings. The fourth-order valence-corrected chi connectivity index (χ4v) is 2.55. The molecule has 3 aromatic rings. The maximum Gasteiger partial charge on any atom is 0.170 e. The van der Waals surface area contributed by atoms with Gasteiger partial charge < -0.3 is 21.2 Å². The summed E-state index contributed by atoms with van der Waals surface area (Å²) in [6, 6.07) is 8.06. The van der Waals surface area contributed by atoms with Gasteiger partial charge in [0.2, 0.25) is 0 Å². The summed E-state index contributed by atoms with van der Waals surface area (Å²) >= 11 is 0. The van der Waals surface area contributed by atoms with E-state index in [2.05, 4.69) is 15.5 Å². The molecule has 128 valence electrons. The number of anilines is 1. The van der Waals surface area contributed by atoms with Gasteiger partial charge in [0.05, 0.1) is 7.11 Å². The normalized spacial score (nSPS) is 11.5. The molecule has 0 unspecified atom stereocenters. The molecule has 0 aliphatic rings. The van der Waals surface area contributed by atoms with Crippen molar-refractivity contribution < 1.29 is 9.13 Å². The lowest BCUT2D eigenvalue weighted by molar-refractivity contribution is 0.406. The maximum atomic E-state index is 13.3. The Labute approximate surface area is 143 Å². The zero-order valence-electron chi connectivity index (χ0n) is 13.5. The first-order valence-electron chi connectivity index (χ1n) is 7.49. The van der Waals surface area contributed by atoms with Crippen molar-refractivity contribution in [2.75, 3.05) is 12.4 Å². The first-order chi connectivity index (χ1) is 12.2. The molecule has 2 aromatic heterocycles. The molecule has 0 aliphatic heterocycles. The van der Waals surface area contributed by atoms with Gasteiger partial charge in [0.25, 0.3) is 0 Å². The number of nitrogens with two attached hydrogens (primary N) is 1. The monoisotopic (exact) mass is 340 g/mol. The van der Waals surface area contributed by atoms with Gasteiger partial charge in [-0.3, -0.25) is 4.40 Å². The lowest BCUT2D eigenvalue weighted by atomic mass is 10.1. The van der Waals surface area contributed by atoms with Crippen molar-refractivity contribution >= 4 is 23.3 Å². The summed E-state index contributed by atoms with van der Waals surface area (Å²) in [5, 5.41) is 18.7. The van der Waals surface area contributed by atoms with Crippen LogP contribution in [0.4, 0.5) is 10.2 Å². The van der Waals surface area contributed by atoms with E-state index < -0.39 is 0 Å². The second-order valence-corrected chi connectivity index (χ2v) is 5.23. The van der Waals surface area contributed by atoms with Gasteiger partial charge in [0.15, 0.2) is 5.65 Å². The van der Waals surface area contributed by atoms with Crippen LogP contribution in [0.1, 0.15) is 11.1 Å². The molecule has 0 aliphatic carbocycles. The highest BCUT2D eigenvalue weighted by Gasteiger charge is 2.11. The van der Waals surface area contributed by atoms with Crippen LogP contribution in [0.25, 0.3) is 11.2 Å². The Balaban J connectivity index is 1.92. The average molecular weight is 340 g/mol. The molecule has 4 N–H and O–H groups in total. The van der Waals surface area contributed by atoms with Crippen LogP contribution in [0.15, 0.2) is 42.9 Å². The predicted octanol–water partition coefficient (Wildman–Crippen LogP) is 2.44. The molecule has 0 saturated heterocycles. The highest BCUT2D eigenvalue weighted by atomic mass is 19.1. The third-order valence-corrected chi connectivity index (χ3v) is 3.81. The van der Waals surface area contributed by atoms with Gasteiger partial charge in [-0.05, 0) is 18.2 Å². The molecule has 2 heterocycles. The summed E-state index contributed by atoms with van der Waals surface area (Å²) < 4.78 is 20.3. The molecule has 0 spiro atoms. The maximum absolute atomic E-state index is 13.3. The standard InChI is InChI=1S/C17H17FN6O/c1-25-15-6-13(18)3-2-11(15)9-21-16-5-4-14(12(7-19)8-20)17-23-22-10-24(16)17/h2-8,10,19,21H,9,20H2,1H3/b12-8+,19-7?. The largest absolute Gasteiger partial charge is 0.496 e. The lowest BCUT2D eigenvalue weighted by Crippen LogP contribution is -2.06.